The van der Waals surface area contributed by atoms with Crippen LogP contribution in [0.15, 0.2) is 54.6 Å². The van der Waals surface area contributed by atoms with Crippen LogP contribution in [0.2, 0.25) is 5.02 Å². The first-order valence-corrected chi connectivity index (χ1v) is 9.41. The minimum atomic E-state index is 0.243. The van der Waals surface area contributed by atoms with Crippen LogP contribution >= 0.6 is 11.6 Å². The highest BCUT2D eigenvalue weighted by Gasteiger charge is 2.35. The first kappa shape index (κ1) is 16.4. The van der Waals surface area contributed by atoms with Crippen molar-refractivity contribution >= 4 is 34.9 Å². The SMILES string of the molecule is Clc1ccccc1CNc1nc2c3c(n1)N(c1ccccc1)CCC3NN2. The van der Waals surface area contributed by atoms with Crippen LogP contribution in [-0.2, 0) is 6.54 Å². The van der Waals surface area contributed by atoms with Gasteiger partial charge in [-0.05, 0) is 30.2 Å². The average molecular weight is 379 g/mol. The fourth-order valence-electron chi connectivity index (χ4n) is 3.64. The fourth-order valence-corrected chi connectivity index (χ4v) is 3.84. The molecule has 5 rings (SSSR count). The number of hydrogen-bond acceptors (Lipinski definition) is 6. The van der Waals surface area contributed by atoms with Gasteiger partial charge < -0.3 is 15.6 Å². The molecule has 27 heavy (non-hydrogen) atoms. The van der Waals surface area contributed by atoms with Crippen molar-refractivity contribution in [1.82, 2.24) is 15.4 Å². The maximum atomic E-state index is 6.26. The van der Waals surface area contributed by atoms with Crippen molar-refractivity contribution in [1.29, 1.82) is 0 Å². The van der Waals surface area contributed by atoms with E-state index in [4.69, 9.17) is 16.6 Å². The summed E-state index contributed by atoms with van der Waals surface area (Å²) in [7, 11) is 0. The second-order valence-corrected chi connectivity index (χ2v) is 7.08. The lowest BCUT2D eigenvalue weighted by molar-refractivity contribution is 0.556. The summed E-state index contributed by atoms with van der Waals surface area (Å²) >= 11 is 6.26. The van der Waals surface area contributed by atoms with Gasteiger partial charge in [-0.15, -0.1) is 0 Å². The third-order valence-electron chi connectivity index (χ3n) is 5.00. The highest BCUT2D eigenvalue weighted by atomic mass is 35.5. The number of hydrogen-bond donors (Lipinski definition) is 3. The monoisotopic (exact) mass is 378 g/mol. The largest absolute Gasteiger partial charge is 0.350 e. The van der Waals surface area contributed by atoms with E-state index in [9.17, 15) is 0 Å². The van der Waals surface area contributed by atoms with Gasteiger partial charge in [-0.2, -0.15) is 9.97 Å². The fraction of sp³-hybridized carbons (Fsp3) is 0.200. The number of nitrogens with zero attached hydrogens (tertiary/aromatic N) is 3. The number of aromatic nitrogens is 2. The highest BCUT2D eigenvalue weighted by molar-refractivity contribution is 6.31. The Morgan fingerprint density at radius 2 is 1.89 bits per heavy atom. The van der Waals surface area contributed by atoms with E-state index in [0.717, 1.165) is 46.4 Å². The molecule has 0 radical (unpaired) electrons. The van der Waals surface area contributed by atoms with Gasteiger partial charge >= 0.3 is 0 Å². The van der Waals surface area contributed by atoms with Crippen LogP contribution in [0.3, 0.4) is 0 Å². The van der Waals surface area contributed by atoms with Crippen LogP contribution in [0.1, 0.15) is 23.6 Å². The van der Waals surface area contributed by atoms with Gasteiger partial charge in [0.15, 0.2) is 5.82 Å². The zero-order chi connectivity index (χ0) is 18.2. The van der Waals surface area contributed by atoms with E-state index in [1.807, 2.05) is 30.3 Å². The molecule has 0 aliphatic carbocycles. The molecule has 0 bridgehead atoms. The van der Waals surface area contributed by atoms with Gasteiger partial charge in [-0.1, -0.05) is 48.0 Å². The highest BCUT2D eigenvalue weighted by Crippen LogP contribution is 2.43. The molecule has 3 aromatic rings. The van der Waals surface area contributed by atoms with Gasteiger partial charge in [-0.3, -0.25) is 0 Å². The van der Waals surface area contributed by atoms with Crippen molar-refractivity contribution in [3.63, 3.8) is 0 Å². The summed E-state index contributed by atoms with van der Waals surface area (Å²) in [5, 5.41) is 4.05. The summed E-state index contributed by atoms with van der Waals surface area (Å²) in [5.41, 5.74) is 9.82. The van der Waals surface area contributed by atoms with Gasteiger partial charge in [0.05, 0.1) is 11.6 Å². The molecule has 3 N–H and O–H groups in total. The van der Waals surface area contributed by atoms with Gasteiger partial charge in [0, 0.05) is 23.8 Å². The molecule has 7 heteroatoms. The summed E-state index contributed by atoms with van der Waals surface area (Å²) < 4.78 is 0. The van der Waals surface area contributed by atoms with Crippen molar-refractivity contribution < 1.29 is 0 Å². The smallest absolute Gasteiger partial charge is 0.226 e. The minimum Gasteiger partial charge on any atom is -0.350 e. The number of rotatable bonds is 4. The van der Waals surface area contributed by atoms with Gasteiger partial charge in [0.2, 0.25) is 5.95 Å². The van der Waals surface area contributed by atoms with Gasteiger partial charge in [0.1, 0.15) is 5.82 Å². The molecule has 1 atom stereocenters. The molecule has 0 amide bonds. The molecule has 6 nitrogen and oxygen atoms in total. The number of benzene rings is 2. The van der Waals surface area contributed by atoms with Crippen molar-refractivity contribution in [2.45, 2.75) is 19.0 Å². The average Bonchev–Trinajstić information content (AvgIpc) is 3.12. The van der Waals surface area contributed by atoms with Crippen molar-refractivity contribution in [2.24, 2.45) is 0 Å². The van der Waals surface area contributed by atoms with Crippen molar-refractivity contribution in [2.75, 3.05) is 22.2 Å². The van der Waals surface area contributed by atoms with Crippen LogP contribution < -0.4 is 21.1 Å². The quantitative estimate of drug-likeness (QED) is 0.630. The molecule has 0 spiro atoms. The van der Waals surface area contributed by atoms with Crippen LogP contribution in [-0.4, -0.2) is 16.5 Å². The molecule has 1 unspecified atom stereocenters. The molecule has 2 aliphatic heterocycles. The molecule has 2 aliphatic rings. The number of nitrogens with one attached hydrogen (secondary N) is 3. The third-order valence-corrected chi connectivity index (χ3v) is 5.37. The van der Waals surface area contributed by atoms with E-state index in [1.165, 1.54) is 0 Å². The van der Waals surface area contributed by atoms with Crippen molar-refractivity contribution in [3.8, 4) is 0 Å². The summed E-state index contributed by atoms with van der Waals surface area (Å²) in [6.45, 7) is 1.47. The van der Waals surface area contributed by atoms with Crippen LogP contribution in [0.25, 0.3) is 0 Å². The van der Waals surface area contributed by atoms with E-state index < -0.39 is 0 Å². The van der Waals surface area contributed by atoms with Crippen LogP contribution in [0, 0.1) is 0 Å². The van der Waals surface area contributed by atoms with E-state index in [2.05, 4.69) is 50.3 Å². The lowest BCUT2D eigenvalue weighted by Crippen LogP contribution is -2.31. The molecule has 0 saturated heterocycles. The van der Waals surface area contributed by atoms with Gasteiger partial charge in [-0.25, -0.2) is 5.43 Å². The van der Waals surface area contributed by atoms with Crippen molar-refractivity contribution in [3.05, 3.63) is 70.7 Å². The van der Waals surface area contributed by atoms with Gasteiger partial charge in [0.25, 0.3) is 0 Å². The summed E-state index contributed by atoms with van der Waals surface area (Å²) in [4.78, 5) is 11.8. The standard InChI is InChI=1S/C20H19ClN6/c21-15-9-5-4-6-13(15)12-22-20-23-18-17-16(25-26-18)10-11-27(19(17)24-20)14-7-2-1-3-8-14/h1-9,16,25H,10-12H2,(H2,22,23,24,26). The minimum absolute atomic E-state index is 0.243. The van der Waals surface area contributed by atoms with Crippen LogP contribution in [0.5, 0.6) is 0 Å². The molecular formula is C20H19ClN6. The Balaban J connectivity index is 1.50. The van der Waals surface area contributed by atoms with E-state index in [-0.39, 0.29) is 6.04 Å². The topological polar surface area (TPSA) is 65.1 Å². The number of hydrazine groups is 1. The van der Waals surface area contributed by atoms with Crippen LogP contribution in [0.4, 0.5) is 23.3 Å². The molecule has 0 fully saturated rings. The second kappa shape index (κ2) is 6.72. The second-order valence-electron chi connectivity index (χ2n) is 6.68. The zero-order valence-electron chi connectivity index (χ0n) is 14.6. The van der Waals surface area contributed by atoms with E-state index in [0.29, 0.717) is 12.5 Å². The Labute approximate surface area is 162 Å². The summed E-state index contributed by atoms with van der Waals surface area (Å²) in [6.07, 6.45) is 0.998. The third kappa shape index (κ3) is 2.97. The first-order chi connectivity index (χ1) is 13.3. The maximum Gasteiger partial charge on any atom is 0.226 e. The Kier molecular flexibility index (Phi) is 4.07. The lowest BCUT2D eigenvalue weighted by atomic mass is 10.0. The molecule has 3 heterocycles. The number of halogens is 1. The Morgan fingerprint density at radius 3 is 2.74 bits per heavy atom. The van der Waals surface area contributed by atoms with E-state index in [1.54, 1.807) is 0 Å². The number of para-hydroxylation sites is 1. The predicted molar refractivity (Wildman–Crippen MR) is 108 cm³/mol. The molecular weight excluding hydrogens is 360 g/mol. The first-order valence-electron chi connectivity index (χ1n) is 9.03. The molecule has 136 valence electrons. The zero-order valence-corrected chi connectivity index (χ0v) is 15.4. The predicted octanol–water partition coefficient (Wildman–Crippen LogP) is 4.26. The molecule has 0 saturated carbocycles. The summed E-state index contributed by atoms with van der Waals surface area (Å²) in [5.74, 6) is 2.37. The van der Waals surface area contributed by atoms with E-state index >= 15 is 0 Å². The normalized spacial score (nSPS) is 17.4. The maximum absolute atomic E-state index is 6.26. The Morgan fingerprint density at radius 1 is 1.07 bits per heavy atom. The Bertz CT molecular complexity index is 977. The lowest BCUT2D eigenvalue weighted by Gasteiger charge is -2.32. The summed E-state index contributed by atoms with van der Waals surface area (Å²) in [6, 6.07) is 18.4. The molecule has 1 aromatic heterocycles. The Hall–Kier alpha value is -2.83. The molecule has 2 aromatic carbocycles. The number of anilines is 4.